The molecule has 2 aliphatic carbocycles. The number of piperazine rings is 1. The first-order valence-corrected chi connectivity index (χ1v) is 11.7. The molecule has 3 atom stereocenters. The average molecular weight is 410 g/mol. The minimum Gasteiger partial charge on any atom is -0.387 e. The molecule has 1 saturated carbocycles. The molecule has 4 nitrogen and oxygen atoms in total. The van der Waals surface area contributed by atoms with Gasteiger partial charge < -0.3 is 10.2 Å². The number of rotatable bonds is 7. The van der Waals surface area contributed by atoms with Gasteiger partial charge in [-0.3, -0.25) is 9.69 Å². The van der Waals surface area contributed by atoms with Crippen molar-refractivity contribution in [2.75, 3.05) is 44.2 Å². The summed E-state index contributed by atoms with van der Waals surface area (Å²) >= 11 is 0. The molecule has 0 bridgehead atoms. The van der Waals surface area contributed by atoms with Gasteiger partial charge in [0.05, 0.1) is 0 Å². The van der Waals surface area contributed by atoms with Crippen molar-refractivity contribution in [3.63, 3.8) is 0 Å². The number of carbonyl (C=O) groups is 1. The van der Waals surface area contributed by atoms with Crippen LogP contribution >= 0.6 is 0 Å². The standard InChI is InChI=1S/C26H39N3O/c1-17-8-7-9-23(18(17)2)29-14-12-28(13-15-29)11-10-27-22-16-21-19(3)24(21)25(22)26(5,6)20(4)30/h7-9,19,21,24,27H,10-16H2,1-6H3. The van der Waals surface area contributed by atoms with E-state index in [0.29, 0.717) is 11.7 Å². The van der Waals surface area contributed by atoms with Gasteiger partial charge in [0.1, 0.15) is 5.78 Å². The van der Waals surface area contributed by atoms with Crippen LogP contribution in [0.4, 0.5) is 5.69 Å². The van der Waals surface area contributed by atoms with Gasteiger partial charge >= 0.3 is 0 Å². The van der Waals surface area contributed by atoms with E-state index in [9.17, 15) is 4.79 Å². The lowest BCUT2D eigenvalue weighted by atomic mass is 9.77. The summed E-state index contributed by atoms with van der Waals surface area (Å²) in [5.41, 5.74) is 6.64. The van der Waals surface area contributed by atoms with Gasteiger partial charge in [0.15, 0.2) is 0 Å². The molecule has 4 heteroatoms. The van der Waals surface area contributed by atoms with Crippen molar-refractivity contribution in [2.45, 2.75) is 48.0 Å². The Balaban J connectivity index is 1.31. The lowest BCUT2D eigenvalue weighted by Gasteiger charge is -2.37. The Morgan fingerprint density at radius 3 is 2.53 bits per heavy atom. The fraction of sp³-hybridized carbons (Fsp3) is 0.654. The van der Waals surface area contributed by atoms with Crippen LogP contribution in [0.25, 0.3) is 0 Å². The van der Waals surface area contributed by atoms with E-state index < -0.39 is 0 Å². The predicted octanol–water partition coefficient (Wildman–Crippen LogP) is 4.17. The average Bonchev–Trinajstić information content (AvgIpc) is 3.14. The van der Waals surface area contributed by atoms with Crippen LogP contribution in [0.2, 0.25) is 0 Å². The maximum atomic E-state index is 12.3. The van der Waals surface area contributed by atoms with Crippen molar-refractivity contribution in [3.8, 4) is 0 Å². The van der Waals surface area contributed by atoms with Gasteiger partial charge in [0.25, 0.3) is 0 Å². The summed E-state index contributed by atoms with van der Waals surface area (Å²) in [6.45, 7) is 19.2. The summed E-state index contributed by atoms with van der Waals surface area (Å²) in [6, 6.07) is 6.64. The van der Waals surface area contributed by atoms with Gasteiger partial charge in [-0.05, 0) is 81.6 Å². The summed E-state index contributed by atoms with van der Waals surface area (Å²) in [4.78, 5) is 17.4. The Morgan fingerprint density at radius 2 is 1.87 bits per heavy atom. The third-order valence-corrected chi connectivity index (χ3v) is 8.27. The van der Waals surface area contributed by atoms with Crippen LogP contribution in [0, 0.1) is 37.0 Å². The van der Waals surface area contributed by atoms with Crippen LogP contribution in [-0.2, 0) is 4.79 Å². The molecular weight excluding hydrogens is 370 g/mol. The summed E-state index contributed by atoms with van der Waals surface area (Å²) in [5.74, 6) is 2.44. The number of nitrogens with zero attached hydrogens (tertiary/aromatic N) is 2. The second-order valence-corrected chi connectivity index (χ2v) is 10.3. The smallest absolute Gasteiger partial charge is 0.139 e. The second kappa shape index (κ2) is 8.03. The number of anilines is 1. The van der Waals surface area contributed by atoms with Crippen molar-refractivity contribution >= 4 is 11.5 Å². The summed E-state index contributed by atoms with van der Waals surface area (Å²) < 4.78 is 0. The summed E-state index contributed by atoms with van der Waals surface area (Å²) in [7, 11) is 0. The molecule has 1 heterocycles. The zero-order valence-corrected chi connectivity index (χ0v) is 19.7. The van der Waals surface area contributed by atoms with Gasteiger partial charge in [-0.2, -0.15) is 0 Å². The minimum absolute atomic E-state index is 0.291. The van der Waals surface area contributed by atoms with Gasteiger partial charge in [-0.25, -0.2) is 0 Å². The number of hydrogen-bond acceptors (Lipinski definition) is 4. The zero-order chi connectivity index (χ0) is 21.6. The quantitative estimate of drug-likeness (QED) is 0.733. The molecule has 1 saturated heterocycles. The number of carbonyl (C=O) groups excluding carboxylic acids is 1. The van der Waals surface area contributed by atoms with E-state index in [-0.39, 0.29) is 5.41 Å². The molecule has 3 unspecified atom stereocenters. The van der Waals surface area contributed by atoms with E-state index >= 15 is 0 Å². The Hall–Kier alpha value is -1.81. The maximum absolute atomic E-state index is 12.3. The van der Waals surface area contributed by atoms with Crippen LogP contribution in [0.1, 0.15) is 45.2 Å². The number of fused-ring (bicyclic) bond motifs is 1. The van der Waals surface area contributed by atoms with Crippen LogP contribution in [0.3, 0.4) is 0 Å². The highest BCUT2D eigenvalue weighted by Gasteiger charge is 2.58. The molecule has 1 N–H and O–H groups in total. The Labute approximate surface area is 182 Å². The van der Waals surface area contributed by atoms with E-state index in [1.807, 2.05) is 0 Å². The number of benzene rings is 1. The van der Waals surface area contributed by atoms with Crippen molar-refractivity contribution in [3.05, 3.63) is 40.6 Å². The first-order valence-electron chi connectivity index (χ1n) is 11.7. The van der Waals surface area contributed by atoms with Gasteiger partial charge in [0, 0.05) is 56.1 Å². The lowest BCUT2D eigenvalue weighted by molar-refractivity contribution is -0.123. The van der Waals surface area contributed by atoms with Crippen LogP contribution in [0.5, 0.6) is 0 Å². The Kier molecular flexibility index (Phi) is 5.73. The lowest BCUT2D eigenvalue weighted by Crippen LogP contribution is -2.48. The van der Waals surface area contributed by atoms with Crippen LogP contribution < -0.4 is 10.2 Å². The molecule has 164 valence electrons. The fourth-order valence-corrected chi connectivity index (χ4v) is 5.69. The molecule has 0 radical (unpaired) electrons. The minimum atomic E-state index is -0.330. The molecular formula is C26H39N3O. The Morgan fingerprint density at radius 1 is 1.17 bits per heavy atom. The molecule has 4 rings (SSSR count). The summed E-state index contributed by atoms with van der Waals surface area (Å²) in [5, 5.41) is 3.75. The number of allylic oxidation sites excluding steroid dienone is 2. The molecule has 0 spiro atoms. The van der Waals surface area contributed by atoms with E-state index in [1.54, 1.807) is 6.92 Å². The third-order valence-electron chi connectivity index (χ3n) is 8.27. The highest BCUT2D eigenvalue weighted by molar-refractivity contribution is 5.85. The first kappa shape index (κ1) is 21.4. The normalized spacial score (nSPS) is 26.7. The highest BCUT2D eigenvalue weighted by atomic mass is 16.1. The fourth-order valence-electron chi connectivity index (χ4n) is 5.69. The third kappa shape index (κ3) is 3.79. The highest BCUT2D eigenvalue weighted by Crippen LogP contribution is 2.63. The van der Waals surface area contributed by atoms with E-state index in [2.05, 4.69) is 67.9 Å². The monoisotopic (exact) mass is 409 g/mol. The molecule has 2 fully saturated rings. The number of ketones is 1. The van der Waals surface area contributed by atoms with Crippen molar-refractivity contribution in [2.24, 2.45) is 23.2 Å². The number of hydrogen-bond donors (Lipinski definition) is 1. The SMILES string of the molecule is CC(=O)C(C)(C)C1=C(NCCN2CCN(c3cccc(C)c3C)CC2)CC2C(C)C12. The molecule has 0 aromatic heterocycles. The van der Waals surface area contributed by atoms with Gasteiger partial charge in [0.2, 0.25) is 0 Å². The first-order chi connectivity index (χ1) is 14.2. The molecule has 0 amide bonds. The molecule has 3 aliphatic rings. The molecule has 1 aliphatic heterocycles. The Bertz CT molecular complexity index is 848. The predicted molar refractivity (Wildman–Crippen MR) is 125 cm³/mol. The van der Waals surface area contributed by atoms with Crippen molar-refractivity contribution in [1.29, 1.82) is 0 Å². The van der Waals surface area contributed by atoms with Crippen LogP contribution in [-0.4, -0.2) is 50.0 Å². The molecule has 1 aromatic carbocycles. The van der Waals surface area contributed by atoms with E-state index in [1.165, 1.54) is 28.1 Å². The number of aryl methyl sites for hydroxylation is 1. The van der Waals surface area contributed by atoms with Gasteiger partial charge in [-0.15, -0.1) is 0 Å². The topological polar surface area (TPSA) is 35.6 Å². The largest absolute Gasteiger partial charge is 0.387 e. The van der Waals surface area contributed by atoms with Gasteiger partial charge in [-0.1, -0.05) is 19.1 Å². The van der Waals surface area contributed by atoms with Crippen molar-refractivity contribution < 1.29 is 4.79 Å². The molecule has 30 heavy (non-hydrogen) atoms. The second-order valence-electron chi connectivity index (χ2n) is 10.3. The summed E-state index contributed by atoms with van der Waals surface area (Å²) in [6.07, 6.45) is 1.14. The number of Topliss-reactive ketones (excluding diaryl/α,β-unsaturated/α-hetero) is 1. The zero-order valence-electron chi connectivity index (χ0n) is 19.7. The van der Waals surface area contributed by atoms with Crippen LogP contribution in [0.15, 0.2) is 29.5 Å². The van der Waals surface area contributed by atoms with E-state index in [4.69, 9.17) is 0 Å². The van der Waals surface area contributed by atoms with Crippen molar-refractivity contribution in [1.82, 2.24) is 10.2 Å². The molecule has 1 aromatic rings. The number of nitrogens with one attached hydrogen (secondary N) is 1. The maximum Gasteiger partial charge on any atom is 0.139 e. The van der Waals surface area contributed by atoms with E-state index in [0.717, 1.165) is 57.5 Å².